The zero-order valence-electron chi connectivity index (χ0n) is 8.67. The number of ether oxygens (including phenoxy) is 1. The van der Waals surface area contributed by atoms with Gasteiger partial charge in [-0.15, -0.1) is 0 Å². The van der Waals surface area contributed by atoms with Crippen molar-refractivity contribution in [3.63, 3.8) is 0 Å². The van der Waals surface area contributed by atoms with Gasteiger partial charge in [0.1, 0.15) is 11.9 Å². The van der Waals surface area contributed by atoms with E-state index in [1.165, 1.54) is 4.90 Å². The van der Waals surface area contributed by atoms with Crippen molar-refractivity contribution in [2.24, 2.45) is 0 Å². The van der Waals surface area contributed by atoms with Crippen LogP contribution in [-0.4, -0.2) is 40.5 Å². The fourth-order valence-corrected chi connectivity index (χ4v) is 1.67. The highest BCUT2D eigenvalue weighted by Crippen LogP contribution is 2.17. The van der Waals surface area contributed by atoms with Crippen LogP contribution < -0.4 is 0 Å². The van der Waals surface area contributed by atoms with Crippen LogP contribution in [0, 0.1) is 0 Å². The van der Waals surface area contributed by atoms with Gasteiger partial charge in [0, 0.05) is 6.54 Å². The molecule has 16 heavy (non-hydrogen) atoms. The first kappa shape index (κ1) is 10.8. The Hall–Kier alpha value is -1.75. The van der Waals surface area contributed by atoms with Gasteiger partial charge >= 0.3 is 6.09 Å². The zero-order valence-corrected chi connectivity index (χ0v) is 8.67. The van der Waals surface area contributed by atoms with Gasteiger partial charge in [0.25, 0.3) is 0 Å². The molecule has 5 heteroatoms. The van der Waals surface area contributed by atoms with Crippen molar-refractivity contribution in [1.82, 2.24) is 4.90 Å². The van der Waals surface area contributed by atoms with Gasteiger partial charge < -0.3 is 19.8 Å². The van der Waals surface area contributed by atoms with E-state index in [1.54, 1.807) is 18.2 Å². The molecule has 1 aromatic carbocycles. The summed E-state index contributed by atoms with van der Waals surface area (Å²) in [6.45, 7) is 0.594. The van der Waals surface area contributed by atoms with Crippen molar-refractivity contribution in [2.75, 3.05) is 13.2 Å². The lowest BCUT2D eigenvalue weighted by Crippen LogP contribution is -2.25. The van der Waals surface area contributed by atoms with E-state index in [4.69, 9.17) is 9.84 Å². The molecule has 1 saturated heterocycles. The number of carbonyl (C=O) groups is 1. The second-order valence-electron chi connectivity index (χ2n) is 3.74. The van der Waals surface area contributed by atoms with E-state index < -0.39 is 12.2 Å². The van der Waals surface area contributed by atoms with Gasteiger partial charge in [-0.3, -0.25) is 0 Å². The Morgan fingerprint density at radius 1 is 1.50 bits per heavy atom. The number of amides is 1. The number of cyclic esters (lactones) is 1. The molecule has 0 radical (unpaired) electrons. The number of phenolic OH excluding ortho intramolecular Hbond substituents is 1. The van der Waals surface area contributed by atoms with Crippen molar-refractivity contribution in [1.29, 1.82) is 0 Å². The molecule has 0 saturated carbocycles. The topological polar surface area (TPSA) is 70.0 Å². The van der Waals surface area contributed by atoms with Crippen LogP contribution in [0.15, 0.2) is 24.3 Å². The van der Waals surface area contributed by atoms with Gasteiger partial charge in [-0.25, -0.2) is 4.79 Å². The second kappa shape index (κ2) is 4.40. The minimum Gasteiger partial charge on any atom is -0.508 e. The van der Waals surface area contributed by atoms with E-state index in [0.29, 0.717) is 13.1 Å². The van der Waals surface area contributed by atoms with Crippen LogP contribution in [-0.2, 0) is 11.3 Å². The normalized spacial score (nSPS) is 19.9. The van der Waals surface area contributed by atoms with Crippen LogP contribution >= 0.6 is 0 Å². The fourth-order valence-electron chi connectivity index (χ4n) is 1.67. The quantitative estimate of drug-likeness (QED) is 0.791. The highest BCUT2D eigenvalue weighted by molar-refractivity contribution is 5.69. The van der Waals surface area contributed by atoms with E-state index in [-0.39, 0.29) is 12.4 Å². The minimum atomic E-state index is -0.440. The third kappa shape index (κ3) is 2.25. The van der Waals surface area contributed by atoms with Crippen LogP contribution in [0.25, 0.3) is 0 Å². The van der Waals surface area contributed by atoms with E-state index in [9.17, 15) is 9.90 Å². The summed E-state index contributed by atoms with van der Waals surface area (Å²) in [6.07, 6.45) is -0.868. The maximum Gasteiger partial charge on any atom is 0.410 e. The fraction of sp³-hybridized carbons (Fsp3) is 0.364. The first-order valence-corrected chi connectivity index (χ1v) is 5.03. The van der Waals surface area contributed by atoms with Crippen molar-refractivity contribution in [2.45, 2.75) is 12.6 Å². The first-order valence-electron chi connectivity index (χ1n) is 5.03. The SMILES string of the molecule is O=C1O[C@@H](CO)CN1Cc1cccc(O)c1. The molecule has 2 N–H and O–H groups in total. The highest BCUT2D eigenvalue weighted by Gasteiger charge is 2.30. The molecular formula is C11H13NO4. The number of hydrogen-bond donors (Lipinski definition) is 2. The monoisotopic (exact) mass is 223 g/mol. The van der Waals surface area contributed by atoms with Gasteiger partial charge in [-0.2, -0.15) is 0 Å². The Morgan fingerprint density at radius 3 is 2.94 bits per heavy atom. The lowest BCUT2D eigenvalue weighted by Gasteiger charge is -2.12. The number of aliphatic hydroxyl groups excluding tert-OH is 1. The summed E-state index contributed by atoms with van der Waals surface area (Å²) < 4.78 is 4.90. The number of phenols is 1. The van der Waals surface area contributed by atoms with Crippen molar-refractivity contribution in [3.8, 4) is 5.75 Å². The minimum absolute atomic E-state index is 0.164. The number of aromatic hydroxyl groups is 1. The Morgan fingerprint density at radius 2 is 2.31 bits per heavy atom. The number of aliphatic hydroxyl groups is 1. The number of nitrogens with zero attached hydrogens (tertiary/aromatic N) is 1. The van der Waals surface area contributed by atoms with Gasteiger partial charge in [-0.05, 0) is 17.7 Å². The smallest absolute Gasteiger partial charge is 0.410 e. The van der Waals surface area contributed by atoms with Crippen molar-refractivity contribution in [3.05, 3.63) is 29.8 Å². The standard InChI is InChI=1S/C11H13NO4/c13-7-10-6-12(11(15)16-10)5-8-2-1-3-9(14)4-8/h1-4,10,13-14H,5-7H2/t10-/m1/s1. The largest absolute Gasteiger partial charge is 0.508 e. The lowest BCUT2D eigenvalue weighted by atomic mass is 10.2. The van der Waals surface area contributed by atoms with Crippen LogP contribution in [0.4, 0.5) is 4.79 Å². The maximum atomic E-state index is 11.4. The molecule has 1 amide bonds. The zero-order chi connectivity index (χ0) is 11.5. The molecule has 0 bridgehead atoms. The van der Waals surface area contributed by atoms with Crippen molar-refractivity contribution >= 4 is 6.09 Å². The summed E-state index contributed by atoms with van der Waals surface area (Å²) in [7, 11) is 0. The third-order valence-electron chi connectivity index (χ3n) is 2.44. The molecule has 0 unspecified atom stereocenters. The van der Waals surface area contributed by atoms with Gasteiger partial charge in [0.2, 0.25) is 0 Å². The van der Waals surface area contributed by atoms with E-state index in [0.717, 1.165) is 5.56 Å². The predicted molar refractivity (Wildman–Crippen MR) is 55.9 cm³/mol. The van der Waals surface area contributed by atoms with Crippen LogP contribution in [0.3, 0.4) is 0 Å². The van der Waals surface area contributed by atoms with Crippen molar-refractivity contribution < 1.29 is 19.7 Å². The molecule has 1 fully saturated rings. The van der Waals surface area contributed by atoms with Crippen LogP contribution in [0.2, 0.25) is 0 Å². The Balaban J connectivity index is 2.03. The number of rotatable bonds is 3. The molecule has 0 aliphatic carbocycles. The van der Waals surface area contributed by atoms with Gasteiger partial charge in [0.05, 0.1) is 13.2 Å². The molecule has 1 aromatic rings. The summed E-state index contributed by atoms with van der Waals surface area (Å²) in [6, 6.07) is 6.71. The number of hydrogen-bond acceptors (Lipinski definition) is 4. The van der Waals surface area contributed by atoms with Gasteiger partial charge in [-0.1, -0.05) is 12.1 Å². The molecular weight excluding hydrogens is 210 g/mol. The molecule has 0 aromatic heterocycles. The molecule has 1 aliphatic rings. The summed E-state index contributed by atoms with van der Waals surface area (Å²) >= 11 is 0. The Bertz CT molecular complexity index is 393. The first-order chi connectivity index (χ1) is 7.69. The number of benzene rings is 1. The van der Waals surface area contributed by atoms with E-state index >= 15 is 0 Å². The average molecular weight is 223 g/mol. The lowest BCUT2D eigenvalue weighted by molar-refractivity contribution is 0.0947. The van der Waals surface area contributed by atoms with Crippen LogP contribution in [0.5, 0.6) is 5.75 Å². The Labute approximate surface area is 92.9 Å². The molecule has 0 spiro atoms. The molecule has 86 valence electrons. The molecule has 2 rings (SSSR count). The average Bonchev–Trinajstić information content (AvgIpc) is 2.60. The molecule has 5 nitrogen and oxygen atoms in total. The van der Waals surface area contributed by atoms with Crippen LogP contribution in [0.1, 0.15) is 5.56 Å². The number of carbonyl (C=O) groups excluding carboxylic acids is 1. The second-order valence-corrected chi connectivity index (χ2v) is 3.74. The Kier molecular flexibility index (Phi) is 2.96. The van der Waals surface area contributed by atoms with Gasteiger partial charge in [0.15, 0.2) is 0 Å². The predicted octanol–water partition coefficient (Wildman–Crippen LogP) is 0.705. The molecule has 1 atom stereocenters. The summed E-state index contributed by atoms with van der Waals surface area (Å²) in [5, 5.41) is 18.1. The summed E-state index contributed by atoms with van der Waals surface area (Å²) in [5.41, 5.74) is 0.829. The molecule has 1 aliphatic heterocycles. The van der Waals surface area contributed by atoms with E-state index in [2.05, 4.69) is 0 Å². The maximum absolute atomic E-state index is 11.4. The molecule has 1 heterocycles. The summed E-state index contributed by atoms with van der Waals surface area (Å²) in [4.78, 5) is 12.9. The highest BCUT2D eigenvalue weighted by atomic mass is 16.6. The summed E-state index contributed by atoms with van der Waals surface area (Å²) in [5.74, 6) is 0.170. The third-order valence-corrected chi connectivity index (χ3v) is 2.44. The van der Waals surface area contributed by atoms with E-state index in [1.807, 2.05) is 6.07 Å².